The van der Waals surface area contributed by atoms with Crippen LogP contribution in [0.4, 0.5) is 13.2 Å². The number of carbonyl (C=O) groups is 1. The number of hydrogen-bond donors (Lipinski definition) is 0. The zero-order valence-corrected chi connectivity index (χ0v) is 10.2. The lowest BCUT2D eigenvalue weighted by molar-refractivity contribution is -0.163. The van der Waals surface area contributed by atoms with Crippen molar-refractivity contribution in [3.63, 3.8) is 0 Å². The van der Waals surface area contributed by atoms with Gasteiger partial charge in [-0.1, -0.05) is 20.3 Å². The standard InChI is InChI=1S/C10H17ClF3NO/c1-3-4-8(2)9(16)15(6-5-11)7-10(12,13)14/h8H,3-7H2,1-2H3. The molecule has 16 heavy (non-hydrogen) atoms. The molecule has 6 heteroatoms. The molecule has 1 amide bonds. The van der Waals surface area contributed by atoms with Crippen LogP contribution in [0.2, 0.25) is 0 Å². The zero-order chi connectivity index (χ0) is 12.8. The molecule has 0 radical (unpaired) electrons. The maximum absolute atomic E-state index is 12.2. The average molecular weight is 260 g/mol. The first kappa shape index (κ1) is 15.6. The van der Waals surface area contributed by atoms with Crippen LogP contribution in [-0.4, -0.2) is 36.0 Å². The fourth-order valence-corrected chi connectivity index (χ4v) is 1.66. The minimum absolute atomic E-state index is 0.0145. The molecule has 0 aliphatic carbocycles. The first-order valence-electron chi connectivity index (χ1n) is 5.23. The van der Waals surface area contributed by atoms with Gasteiger partial charge in [-0.2, -0.15) is 13.2 Å². The lowest BCUT2D eigenvalue weighted by atomic mass is 10.0. The highest BCUT2D eigenvalue weighted by Crippen LogP contribution is 2.19. The Kier molecular flexibility index (Phi) is 6.79. The number of halogens is 4. The van der Waals surface area contributed by atoms with Crippen molar-refractivity contribution in [2.45, 2.75) is 32.9 Å². The van der Waals surface area contributed by atoms with Crippen molar-refractivity contribution in [3.05, 3.63) is 0 Å². The molecule has 0 aliphatic rings. The second-order valence-electron chi connectivity index (χ2n) is 3.75. The van der Waals surface area contributed by atoms with Gasteiger partial charge in [0.25, 0.3) is 0 Å². The lowest BCUT2D eigenvalue weighted by Crippen LogP contribution is -2.42. The minimum atomic E-state index is -4.37. The monoisotopic (exact) mass is 259 g/mol. The van der Waals surface area contributed by atoms with E-state index in [-0.39, 0.29) is 18.3 Å². The van der Waals surface area contributed by atoms with E-state index in [9.17, 15) is 18.0 Å². The second-order valence-corrected chi connectivity index (χ2v) is 4.13. The molecule has 0 spiro atoms. The van der Waals surface area contributed by atoms with Crippen LogP contribution in [0.3, 0.4) is 0 Å². The van der Waals surface area contributed by atoms with Crippen LogP contribution in [0, 0.1) is 5.92 Å². The number of alkyl halides is 4. The first-order chi connectivity index (χ1) is 7.31. The van der Waals surface area contributed by atoms with Gasteiger partial charge >= 0.3 is 6.18 Å². The summed E-state index contributed by atoms with van der Waals surface area (Å²) >= 11 is 5.39. The molecule has 0 aromatic rings. The van der Waals surface area contributed by atoms with E-state index in [1.54, 1.807) is 6.92 Å². The van der Waals surface area contributed by atoms with Crippen molar-refractivity contribution < 1.29 is 18.0 Å². The normalized spacial score (nSPS) is 13.6. The van der Waals surface area contributed by atoms with Gasteiger partial charge in [-0.25, -0.2) is 0 Å². The average Bonchev–Trinajstić information content (AvgIpc) is 2.14. The third-order valence-corrected chi connectivity index (χ3v) is 2.35. The van der Waals surface area contributed by atoms with Crippen LogP contribution >= 0.6 is 11.6 Å². The third-order valence-electron chi connectivity index (χ3n) is 2.18. The van der Waals surface area contributed by atoms with E-state index in [2.05, 4.69) is 0 Å². The summed E-state index contributed by atoms with van der Waals surface area (Å²) in [4.78, 5) is 12.5. The van der Waals surface area contributed by atoms with Gasteiger partial charge in [0, 0.05) is 18.3 Å². The van der Waals surface area contributed by atoms with E-state index >= 15 is 0 Å². The maximum atomic E-state index is 12.2. The second kappa shape index (κ2) is 6.99. The van der Waals surface area contributed by atoms with E-state index in [1.807, 2.05) is 6.92 Å². The van der Waals surface area contributed by atoms with Crippen LogP contribution in [0.15, 0.2) is 0 Å². The summed E-state index contributed by atoms with van der Waals surface area (Å²) in [6.45, 7) is 2.25. The van der Waals surface area contributed by atoms with Gasteiger partial charge in [-0.3, -0.25) is 4.79 Å². The van der Waals surface area contributed by atoms with Gasteiger partial charge in [0.1, 0.15) is 6.54 Å². The molecular weight excluding hydrogens is 243 g/mol. The van der Waals surface area contributed by atoms with Crippen molar-refractivity contribution in [2.75, 3.05) is 19.0 Å². The molecule has 0 saturated carbocycles. The van der Waals surface area contributed by atoms with Crippen LogP contribution in [0.25, 0.3) is 0 Å². The molecule has 0 rings (SSSR count). The van der Waals surface area contributed by atoms with Gasteiger partial charge < -0.3 is 4.90 Å². The molecule has 0 N–H and O–H groups in total. The molecule has 1 atom stereocenters. The Morgan fingerprint density at radius 2 is 2.00 bits per heavy atom. The largest absolute Gasteiger partial charge is 0.406 e. The van der Waals surface area contributed by atoms with Crippen molar-refractivity contribution >= 4 is 17.5 Å². The Balaban J connectivity index is 4.46. The molecule has 2 nitrogen and oxygen atoms in total. The first-order valence-corrected chi connectivity index (χ1v) is 5.76. The topological polar surface area (TPSA) is 20.3 Å². The summed E-state index contributed by atoms with van der Waals surface area (Å²) in [5.41, 5.74) is 0. The van der Waals surface area contributed by atoms with Gasteiger partial charge in [-0.05, 0) is 6.42 Å². The highest BCUT2D eigenvalue weighted by Gasteiger charge is 2.33. The molecule has 0 saturated heterocycles. The number of amides is 1. The smallest absolute Gasteiger partial charge is 0.332 e. The van der Waals surface area contributed by atoms with Crippen molar-refractivity contribution in [2.24, 2.45) is 5.92 Å². The molecule has 0 heterocycles. The van der Waals surface area contributed by atoms with E-state index in [4.69, 9.17) is 11.6 Å². The molecule has 0 fully saturated rings. The van der Waals surface area contributed by atoms with E-state index in [0.717, 1.165) is 11.3 Å². The van der Waals surface area contributed by atoms with Gasteiger partial charge in [0.15, 0.2) is 0 Å². The predicted octanol–water partition coefficient (Wildman–Crippen LogP) is 3.05. The van der Waals surface area contributed by atoms with Crippen LogP contribution in [0.5, 0.6) is 0 Å². The Bertz CT molecular complexity index is 221. The van der Waals surface area contributed by atoms with Crippen molar-refractivity contribution in [3.8, 4) is 0 Å². The summed E-state index contributed by atoms with van der Waals surface area (Å²) in [5, 5.41) is 0. The summed E-state index contributed by atoms with van der Waals surface area (Å²) in [7, 11) is 0. The fraction of sp³-hybridized carbons (Fsp3) is 0.900. The molecule has 96 valence electrons. The number of hydrogen-bond acceptors (Lipinski definition) is 1. The fourth-order valence-electron chi connectivity index (χ4n) is 1.45. The summed E-state index contributed by atoms with van der Waals surface area (Å²) in [5.74, 6) is -0.837. The summed E-state index contributed by atoms with van der Waals surface area (Å²) in [6.07, 6.45) is -3.00. The van der Waals surface area contributed by atoms with Crippen molar-refractivity contribution in [1.29, 1.82) is 0 Å². The quantitative estimate of drug-likeness (QED) is 0.672. The van der Waals surface area contributed by atoms with Gasteiger partial charge in [0.05, 0.1) is 0 Å². The molecule has 0 aliphatic heterocycles. The van der Waals surface area contributed by atoms with E-state index in [1.165, 1.54) is 0 Å². The summed E-state index contributed by atoms with van der Waals surface area (Å²) in [6, 6.07) is 0. The third kappa shape index (κ3) is 6.20. The molecule has 0 bridgehead atoms. The number of carbonyl (C=O) groups excluding carboxylic acids is 1. The van der Waals surface area contributed by atoms with Crippen LogP contribution in [-0.2, 0) is 4.79 Å². The van der Waals surface area contributed by atoms with Gasteiger partial charge in [0.2, 0.25) is 5.91 Å². The van der Waals surface area contributed by atoms with E-state index in [0.29, 0.717) is 6.42 Å². The van der Waals surface area contributed by atoms with Crippen LogP contribution < -0.4 is 0 Å². The predicted molar refractivity (Wildman–Crippen MR) is 57.4 cm³/mol. The lowest BCUT2D eigenvalue weighted by Gasteiger charge is -2.25. The Morgan fingerprint density at radius 1 is 1.44 bits per heavy atom. The molecular formula is C10H17ClF3NO. The minimum Gasteiger partial charge on any atom is -0.332 e. The highest BCUT2D eigenvalue weighted by molar-refractivity contribution is 6.18. The van der Waals surface area contributed by atoms with Crippen LogP contribution in [0.1, 0.15) is 26.7 Å². The Labute approximate surface area is 98.7 Å². The number of nitrogens with zero attached hydrogens (tertiary/aromatic N) is 1. The highest BCUT2D eigenvalue weighted by atomic mass is 35.5. The Hall–Kier alpha value is -0.450. The van der Waals surface area contributed by atoms with Gasteiger partial charge in [-0.15, -0.1) is 11.6 Å². The summed E-state index contributed by atoms with van der Waals surface area (Å²) < 4.78 is 36.6. The zero-order valence-electron chi connectivity index (χ0n) is 9.48. The Morgan fingerprint density at radius 3 is 2.38 bits per heavy atom. The molecule has 1 unspecified atom stereocenters. The van der Waals surface area contributed by atoms with E-state index < -0.39 is 18.6 Å². The molecule has 0 aromatic carbocycles. The SMILES string of the molecule is CCCC(C)C(=O)N(CCCl)CC(F)(F)F. The number of rotatable bonds is 6. The van der Waals surface area contributed by atoms with Crippen molar-refractivity contribution in [1.82, 2.24) is 4.90 Å². The molecule has 0 aromatic heterocycles. The maximum Gasteiger partial charge on any atom is 0.406 e.